The number of nitrogens with zero attached hydrogens (tertiary/aromatic N) is 3. The van der Waals surface area contributed by atoms with E-state index in [4.69, 9.17) is 15.2 Å². The highest BCUT2D eigenvalue weighted by Gasteiger charge is 2.26. The highest BCUT2D eigenvalue weighted by molar-refractivity contribution is 5.98. The van der Waals surface area contributed by atoms with Crippen molar-refractivity contribution in [2.24, 2.45) is 10.8 Å². The number of benzene rings is 2. The van der Waals surface area contributed by atoms with Crippen LogP contribution in [0.15, 0.2) is 53.6 Å². The first-order chi connectivity index (χ1) is 15.6. The van der Waals surface area contributed by atoms with Crippen molar-refractivity contribution < 1.29 is 19.4 Å². The lowest BCUT2D eigenvalue weighted by atomic mass is 10.1. The van der Waals surface area contributed by atoms with E-state index >= 15 is 0 Å². The van der Waals surface area contributed by atoms with Gasteiger partial charge in [-0.15, -0.1) is 0 Å². The topological polar surface area (TPSA) is 113 Å². The second kappa shape index (κ2) is 10.2. The Morgan fingerprint density at radius 3 is 2.84 bits per heavy atom. The number of ether oxygens (including phenoxy) is 2. The fraction of sp³-hybridized carbons (Fsp3) is 0.304. The molecular weight excluding hydrogens is 410 g/mol. The Bertz CT molecular complexity index is 1020. The number of morpholine rings is 1. The van der Waals surface area contributed by atoms with Gasteiger partial charge in [-0.1, -0.05) is 6.07 Å². The fourth-order valence-corrected chi connectivity index (χ4v) is 3.59. The second-order valence-corrected chi connectivity index (χ2v) is 7.53. The van der Waals surface area contributed by atoms with E-state index in [1.165, 1.54) is 6.21 Å². The first-order valence-corrected chi connectivity index (χ1v) is 10.5. The molecule has 0 aromatic heterocycles. The summed E-state index contributed by atoms with van der Waals surface area (Å²) < 4.78 is 11.0. The minimum absolute atomic E-state index is 0.0359. The van der Waals surface area contributed by atoms with Gasteiger partial charge in [-0.05, 0) is 42.0 Å². The number of hydrogen-bond donors (Lipinski definition) is 3. The largest absolute Gasteiger partial charge is 0.508 e. The van der Waals surface area contributed by atoms with Crippen LogP contribution in [-0.4, -0.2) is 68.1 Å². The third kappa shape index (κ3) is 5.37. The molecule has 4 N–H and O–H groups in total. The summed E-state index contributed by atoms with van der Waals surface area (Å²) in [5, 5.41) is 13.6. The van der Waals surface area contributed by atoms with Gasteiger partial charge in [0.2, 0.25) is 0 Å². The van der Waals surface area contributed by atoms with Gasteiger partial charge in [-0.25, -0.2) is 0 Å². The number of carbonyl (C=O) groups is 1. The summed E-state index contributed by atoms with van der Waals surface area (Å²) in [5.74, 6) is 0.758. The number of fused-ring (bicyclic) bond motifs is 1. The van der Waals surface area contributed by atoms with E-state index < -0.39 is 0 Å². The molecular formula is C23H27N5O4. The molecule has 0 atom stereocenters. The van der Waals surface area contributed by atoms with Crippen LogP contribution in [-0.2, 0) is 9.53 Å². The molecule has 0 bridgehead atoms. The van der Waals surface area contributed by atoms with Crippen molar-refractivity contribution in [1.29, 1.82) is 0 Å². The van der Waals surface area contributed by atoms with Crippen molar-refractivity contribution in [3.8, 4) is 11.5 Å². The number of rotatable bonds is 7. The summed E-state index contributed by atoms with van der Waals surface area (Å²) in [5.41, 5.74) is 11.7. The molecule has 4 rings (SSSR count). The third-order valence-electron chi connectivity index (χ3n) is 5.35. The van der Waals surface area contributed by atoms with Crippen LogP contribution in [0.4, 0.5) is 11.4 Å². The van der Waals surface area contributed by atoms with E-state index in [2.05, 4.69) is 15.4 Å². The molecule has 0 unspecified atom stereocenters. The number of amides is 1. The SMILES string of the molecule is NC(=CC=NNc1cccc(O)c1)c1ccc2c(c1)N(CCN1CCOCC1)C(=O)CO2. The normalized spacial score (nSPS) is 17.3. The van der Waals surface area contributed by atoms with Crippen molar-refractivity contribution in [1.82, 2.24) is 4.90 Å². The van der Waals surface area contributed by atoms with Gasteiger partial charge in [-0.2, -0.15) is 5.10 Å². The van der Waals surface area contributed by atoms with E-state index in [0.717, 1.165) is 44.1 Å². The second-order valence-electron chi connectivity index (χ2n) is 7.53. The maximum atomic E-state index is 12.5. The molecule has 2 aliphatic rings. The smallest absolute Gasteiger partial charge is 0.265 e. The van der Waals surface area contributed by atoms with Crippen LogP contribution < -0.4 is 20.8 Å². The molecule has 168 valence electrons. The van der Waals surface area contributed by atoms with Gasteiger partial charge in [0.05, 0.1) is 24.6 Å². The average molecular weight is 438 g/mol. The van der Waals surface area contributed by atoms with Crippen molar-refractivity contribution in [2.75, 3.05) is 56.3 Å². The third-order valence-corrected chi connectivity index (χ3v) is 5.35. The summed E-state index contributed by atoms with van der Waals surface area (Å²) >= 11 is 0. The minimum Gasteiger partial charge on any atom is -0.508 e. The van der Waals surface area contributed by atoms with Crippen molar-refractivity contribution in [3.05, 3.63) is 54.1 Å². The summed E-state index contributed by atoms with van der Waals surface area (Å²) in [6, 6.07) is 12.2. The van der Waals surface area contributed by atoms with Gasteiger partial charge in [0, 0.05) is 44.2 Å². The van der Waals surface area contributed by atoms with E-state index in [1.54, 1.807) is 35.2 Å². The lowest BCUT2D eigenvalue weighted by Gasteiger charge is -2.33. The summed E-state index contributed by atoms with van der Waals surface area (Å²) in [6.45, 7) is 4.58. The maximum Gasteiger partial charge on any atom is 0.265 e. The van der Waals surface area contributed by atoms with Crippen molar-refractivity contribution >= 4 is 29.2 Å². The molecule has 2 aromatic rings. The summed E-state index contributed by atoms with van der Waals surface area (Å²) in [7, 11) is 0. The lowest BCUT2D eigenvalue weighted by Crippen LogP contribution is -2.46. The van der Waals surface area contributed by atoms with Gasteiger partial charge >= 0.3 is 0 Å². The minimum atomic E-state index is -0.0673. The van der Waals surface area contributed by atoms with Crippen LogP contribution in [0.1, 0.15) is 5.56 Å². The average Bonchev–Trinajstić information content (AvgIpc) is 2.81. The first kappa shape index (κ1) is 21.7. The molecule has 0 saturated carbocycles. The number of hydrogen-bond acceptors (Lipinski definition) is 8. The zero-order valence-electron chi connectivity index (χ0n) is 17.7. The molecule has 9 nitrogen and oxygen atoms in total. The number of nitrogens with two attached hydrogens (primary N) is 1. The van der Waals surface area contributed by atoms with E-state index in [9.17, 15) is 9.90 Å². The Kier molecular flexibility index (Phi) is 6.88. The Hall–Kier alpha value is -3.56. The quantitative estimate of drug-likeness (QED) is 0.448. The van der Waals surface area contributed by atoms with Gasteiger partial charge in [0.25, 0.3) is 5.91 Å². The molecule has 1 fully saturated rings. The first-order valence-electron chi connectivity index (χ1n) is 10.5. The standard InChI is InChI=1S/C23H27N5O4/c24-20(6-7-25-26-18-2-1-3-19(29)15-18)17-4-5-22-21(14-17)28(23(30)16-32-22)9-8-27-10-12-31-13-11-27/h1-7,14-15,26,29H,8-13,16,24H2. The Labute approximate surface area is 186 Å². The monoisotopic (exact) mass is 437 g/mol. The molecule has 9 heteroatoms. The molecule has 1 amide bonds. The van der Waals surface area contributed by atoms with Gasteiger partial charge in [-0.3, -0.25) is 15.1 Å². The Morgan fingerprint density at radius 1 is 1.19 bits per heavy atom. The summed E-state index contributed by atoms with van der Waals surface area (Å²) in [4.78, 5) is 16.6. The zero-order chi connectivity index (χ0) is 22.3. The van der Waals surface area contributed by atoms with Crippen LogP contribution in [0, 0.1) is 0 Å². The summed E-state index contributed by atoms with van der Waals surface area (Å²) in [6.07, 6.45) is 3.21. The number of phenolic OH excluding ortho intramolecular Hbond substituents is 1. The van der Waals surface area contributed by atoms with Crippen LogP contribution in [0.25, 0.3) is 5.70 Å². The molecule has 32 heavy (non-hydrogen) atoms. The molecule has 2 aliphatic heterocycles. The van der Waals surface area contributed by atoms with Gasteiger partial charge in [0.15, 0.2) is 6.61 Å². The fourth-order valence-electron chi connectivity index (χ4n) is 3.59. The number of anilines is 2. The number of hydrazone groups is 1. The van der Waals surface area contributed by atoms with Crippen LogP contribution in [0.2, 0.25) is 0 Å². The number of carbonyl (C=O) groups excluding carboxylic acids is 1. The predicted molar refractivity (Wildman–Crippen MR) is 124 cm³/mol. The van der Waals surface area contributed by atoms with Crippen LogP contribution in [0.5, 0.6) is 11.5 Å². The predicted octanol–water partition coefficient (Wildman–Crippen LogP) is 1.85. The van der Waals surface area contributed by atoms with Crippen molar-refractivity contribution in [3.63, 3.8) is 0 Å². The van der Waals surface area contributed by atoms with E-state index in [1.807, 2.05) is 18.2 Å². The number of allylic oxidation sites excluding steroid dienone is 1. The van der Waals surface area contributed by atoms with Crippen LogP contribution in [0.3, 0.4) is 0 Å². The molecule has 1 saturated heterocycles. The van der Waals surface area contributed by atoms with Crippen molar-refractivity contribution in [2.45, 2.75) is 0 Å². The maximum absolute atomic E-state index is 12.5. The highest BCUT2D eigenvalue weighted by atomic mass is 16.5. The van der Waals surface area contributed by atoms with E-state index in [-0.39, 0.29) is 18.3 Å². The number of phenols is 1. The van der Waals surface area contributed by atoms with Gasteiger partial charge in [0.1, 0.15) is 11.5 Å². The number of nitrogens with one attached hydrogen (secondary N) is 1. The molecule has 0 aliphatic carbocycles. The number of aromatic hydroxyl groups is 1. The Morgan fingerprint density at radius 2 is 2.03 bits per heavy atom. The van der Waals surface area contributed by atoms with Gasteiger partial charge < -0.3 is 25.2 Å². The molecule has 0 radical (unpaired) electrons. The lowest BCUT2D eigenvalue weighted by molar-refractivity contribution is -0.121. The van der Waals surface area contributed by atoms with Crippen LogP contribution >= 0.6 is 0 Å². The van der Waals surface area contributed by atoms with E-state index in [0.29, 0.717) is 23.7 Å². The zero-order valence-corrected chi connectivity index (χ0v) is 17.7. The highest BCUT2D eigenvalue weighted by Crippen LogP contribution is 2.34. The molecule has 2 aromatic carbocycles. The Balaban J connectivity index is 1.44. The molecule has 0 spiro atoms. The molecule has 2 heterocycles.